The maximum atomic E-state index is 13.7. The van der Waals surface area contributed by atoms with Crippen molar-refractivity contribution in [2.75, 3.05) is 20.2 Å². The van der Waals surface area contributed by atoms with Gasteiger partial charge in [-0.1, -0.05) is 6.07 Å². The molecule has 0 unspecified atom stereocenters. The number of aliphatic imine (C=N–C) groups is 1. The van der Waals surface area contributed by atoms with Crippen LogP contribution in [0.15, 0.2) is 59.7 Å². The van der Waals surface area contributed by atoms with Gasteiger partial charge in [-0.05, 0) is 53.1 Å². The number of hydrogen-bond donors (Lipinski definition) is 3. The molecule has 0 atom stereocenters. The summed E-state index contributed by atoms with van der Waals surface area (Å²) in [4.78, 5) is 21.4. The zero-order chi connectivity index (χ0) is 25.7. The second kappa shape index (κ2) is 10.6. The molecule has 1 aliphatic heterocycles. The molecule has 0 spiro atoms. The molecule has 0 bridgehead atoms. The number of alkyl halides is 3. The van der Waals surface area contributed by atoms with Gasteiger partial charge in [0.25, 0.3) is 5.91 Å². The fraction of sp³-hybridized carbons (Fsp3) is 0.240. The van der Waals surface area contributed by atoms with Crippen LogP contribution in [0.2, 0.25) is 0 Å². The van der Waals surface area contributed by atoms with Crippen LogP contribution < -0.4 is 20.7 Å². The number of ether oxygens (including phenoxy) is 1. The molecule has 0 aliphatic carbocycles. The Morgan fingerprint density at radius 2 is 1.94 bits per heavy atom. The average Bonchev–Trinajstić information content (AvgIpc) is 3.39. The molecule has 2 heterocycles. The number of guanidine groups is 1. The summed E-state index contributed by atoms with van der Waals surface area (Å²) in [6.07, 6.45) is -3.24. The minimum atomic E-state index is -4.78. The highest BCUT2D eigenvalue weighted by atomic mass is 19.4. The van der Waals surface area contributed by atoms with E-state index >= 15 is 0 Å². The smallest absolute Gasteiger partial charge is 0.417 e. The first-order valence-corrected chi connectivity index (χ1v) is 11.0. The predicted molar refractivity (Wildman–Crippen MR) is 126 cm³/mol. The van der Waals surface area contributed by atoms with Gasteiger partial charge in [0.1, 0.15) is 11.6 Å². The lowest BCUT2D eigenvalue weighted by Gasteiger charge is -2.16. The monoisotopic (exact) mass is 501 g/mol. The molecule has 11 heteroatoms. The van der Waals surface area contributed by atoms with Crippen molar-refractivity contribution in [1.29, 1.82) is 0 Å². The molecular formula is C25H23F4N5O2. The van der Waals surface area contributed by atoms with Crippen molar-refractivity contribution in [2.24, 2.45) is 4.99 Å². The molecule has 0 saturated heterocycles. The molecule has 3 aromatic rings. The molecule has 0 fully saturated rings. The number of carbonyl (C=O) groups excluding carboxylic acids is 1. The number of nitrogens with one attached hydrogen (secondary N) is 3. The Kier molecular flexibility index (Phi) is 7.37. The molecule has 0 radical (unpaired) electrons. The molecule has 0 saturated carbocycles. The highest BCUT2D eigenvalue weighted by Crippen LogP contribution is 2.38. The van der Waals surface area contributed by atoms with Gasteiger partial charge >= 0.3 is 6.18 Å². The van der Waals surface area contributed by atoms with E-state index in [9.17, 15) is 22.4 Å². The van der Waals surface area contributed by atoms with E-state index < -0.39 is 23.5 Å². The van der Waals surface area contributed by atoms with Crippen molar-refractivity contribution < 1.29 is 27.1 Å². The van der Waals surface area contributed by atoms with Gasteiger partial charge in [-0.2, -0.15) is 13.2 Å². The number of methoxy groups -OCH3 is 1. The van der Waals surface area contributed by atoms with E-state index in [1.807, 2.05) is 0 Å². The number of amides is 1. The van der Waals surface area contributed by atoms with Crippen LogP contribution in [0.3, 0.4) is 0 Å². The van der Waals surface area contributed by atoms with Crippen LogP contribution in [0, 0.1) is 5.82 Å². The summed E-state index contributed by atoms with van der Waals surface area (Å²) in [5.74, 6) is -0.370. The van der Waals surface area contributed by atoms with Crippen LogP contribution in [0.1, 0.15) is 27.2 Å². The van der Waals surface area contributed by atoms with Crippen molar-refractivity contribution in [3.63, 3.8) is 0 Å². The van der Waals surface area contributed by atoms with Crippen molar-refractivity contribution >= 4 is 11.9 Å². The standard InChI is InChI=1S/C25H23F4N5O2/c1-36-20-4-5-30-19(12-20)14-33-23(35)17-9-15(13-34-24-31-6-7-32-24)8-16(10-17)21-3-2-18(26)11-22(21)25(27,28)29/h2-5,8-12H,6-7,13-14H2,1H3,(H,33,35)(H2,31,32,34). The molecule has 36 heavy (non-hydrogen) atoms. The van der Waals surface area contributed by atoms with E-state index in [2.05, 4.69) is 25.9 Å². The number of nitrogens with zero attached hydrogens (tertiary/aromatic N) is 2. The molecule has 7 nitrogen and oxygen atoms in total. The molecule has 188 valence electrons. The van der Waals surface area contributed by atoms with Crippen molar-refractivity contribution in [1.82, 2.24) is 20.9 Å². The van der Waals surface area contributed by atoms with Crippen molar-refractivity contribution in [3.8, 4) is 16.9 Å². The summed E-state index contributed by atoms with van der Waals surface area (Å²) >= 11 is 0. The Hall–Kier alpha value is -4.15. The highest BCUT2D eigenvalue weighted by molar-refractivity contribution is 5.96. The topological polar surface area (TPSA) is 87.6 Å². The Morgan fingerprint density at radius 3 is 2.67 bits per heavy atom. The molecule has 3 N–H and O–H groups in total. The second-order valence-electron chi connectivity index (χ2n) is 7.99. The Balaban J connectivity index is 1.66. The van der Waals surface area contributed by atoms with E-state index in [1.165, 1.54) is 25.4 Å². The Labute approximate surface area is 204 Å². The van der Waals surface area contributed by atoms with Gasteiger partial charge in [-0.15, -0.1) is 0 Å². The normalized spacial score (nSPS) is 13.1. The maximum absolute atomic E-state index is 13.7. The third-order valence-electron chi connectivity index (χ3n) is 5.44. The maximum Gasteiger partial charge on any atom is 0.417 e. The van der Waals surface area contributed by atoms with Gasteiger partial charge in [0.2, 0.25) is 0 Å². The largest absolute Gasteiger partial charge is 0.497 e. The lowest BCUT2D eigenvalue weighted by Crippen LogP contribution is -2.33. The second-order valence-corrected chi connectivity index (χ2v) is 7.99. The van der Waals surface area contributed by atoms with Crippen molar-refractivity contribution in [3.05, 3.63) is 82.9 Å². The number of pyridine rings is 1. The van der Waals surface area contributed by atoms with Crippen LogP contribution in [0.25, 0.3) is 11.1 Å². The lowest BCUT2D eigenvalue weighted by molar-refractivity contribution is -0.137. The molecule has 1 aliphatic rings. The van der Waals surface area contributed by atoms with Crippen molar-refractivity contribution in [2.45, 2.75) is 19.3 Å². The molecule has 4 rings (SSSR count). The number of rotatable bonds is 7. The molecule has 1 amide bonds. The molecule has 1 aromatic heterocycles. The minimum absolute atomic E-state index is 0.0823. The van der Waals surface area contributed by atoms with Gasteiger partial charge in [-0.25, -0.2) is 4.39 Å². The van der Waals surface area contributed by atoms with Gasteiger partial charge < -0.3 is 20.7 Å². The Morgan fingerprint density at radius 1 is 1.11 bits per heavy atom. The first-order valence-electron chi connectivity index (χ1n) is 11.0. The number of aromatic nitrogens is 1. The van der Waals surface area contributed by atoms with Gasteiger partial charge in [0, 0.05) is 30.9 Å². The van der Waals surface area contributed by atoms with Crippen LogP contribution >= 0.6 is 0 Å². The summed E-state index contributed by atoms with van der Waals surface area (Å²) in [7, 11) is 1.51. The number of hydrogen-bond acceptors (Lipinski definition) is 6. The van der Waals surface area contributed by atoms with Crippen LogP contribution in [0.5, 0.6) is 5.75 Å². The van der Waals surface area contributed by atoms with Gasteiger partial charge in [0.05, 0.1) is 31.5 Å². The Bertz CT molecular complexity index is 1290. The summed E-state index contributed by atoms with van der Waals surface area (Å²) in [5.41, 5.74) is 0.0144. The zero-order valence-corrected chi connectivity index (χ0v) is 19.2. The van der Waals surface area contributed by atoms with Gasteiger partial charge in [-0.3, -0.25) is 14.8 Å². The average molecular weight is 501 g/mol. The van der Waals surface area contributed by atoms with E-state index in [4.69, 9.17) is 4.74 Å². The lowest BCUT2D eigenvalue weighted by atomic mass is 9.95. The fourth-order valence-corrected chi connectivity index (χ4v) is 3.74. The summed E-state index contributed by atoms with van der Waals surface area (Å²) in [5, 5.41) is 8.84. The summed E-state index contributed by atoms with van der Waals surface area (Å²) in [6.45, 7) is 1.58. The third-order valence-corrected chi connectivity index (χ3v) is 5.44. The van der Waals surface area contributed by atoms with Crippen LogP contribution in [0.4, 0.5) is 17.6 Å². The zero-order valence-electron chi connectivity index (χ0n) is 19.2. The highest BCUT2D eigenvalue weighted by Gasteiger charge is 2.34. The van der Waals surface area contributed by atoms with E-state index in [0.717, 1.165) is 12.1 Å². The van der Waals surface area contributed by atoms with E-state index in [1.54, 1.807) is 18.2 Å². The van der Waals surface area contributed by atoms with E-state index in [0.29, 0.717) is 42.1 Å². The predicted octanol–water partition coefficient (Wildman–Crippen LogP) is 3.89. The van der Waals surface area contributed by atoms with Gasteiger partial charge in [0.15, 0.2) is 5.96 Å². The number of halogens is 4. The minimum Gasteiger partial charge on any atom is -0.497 e. The third kappa shape index (κ3) is 6.09. The quantitative estimate of drug-likeness (QED) is 0.428. The SMILES string of the molecule is COc1ccnc(CNC(=O)c2cc(CNC3=NCCN3)cc(-c3ccc(F)cc3C(F)(F)F)c2)c1. The molecule has 2 aromatic carbocycles. The van der Waals surface area contributed by atoms with E-state index in [-0.39, 0.29) is 29.8 Å². The number of carbonyl (C=O) groups is 1. The summed E-state index contributed by atoms with van der Waals surface area (Å²) in [6, 6.07) is 10.3. The first-order chi connectivity index (χ1) is 17.2. The first kappa shape index (κ1) is 25.0. The summed E-state index contributed by atoms with van der Waals surface area (Å²) < 4.78 is 59.9. The molecular weight excluding hydrogens is 478 g/mol. The van der Waals surface area contributed by atoms with Crippen LogP contribution in [-0.4, -0.2) is 37.1 Å². The fourth-order valence-electron chi connectivity index (χ4n) is 3.74. The van der Waals surface area contributed by atoms with Crippen LogP contribution in [-0.2, 0) is 19.3 Å². The number of benzene rings is 2.